The average molecular weight is 330 g/mol. The summed E-state index contributed by atoms with van der Waals surface area (Å²) in [6.07, 6.45) is 0.689. The zero-order valence-electron chi connectivity index (χ0n) is 12.6. The van der Waals surface area contributed by atoms with Gasteiger partial charge in [0.2, 0.25) is 0 Å². The monoisotopic (exact) mass is 330 g/mol. The minimum absolute atomic E-state index is 0.207. The lowest BCUT2D eigenvalue weighted by molar-refractivity contribution is 0.153. The second-order valence-corrected chi connectivity index (χ2v) is 5.40. The largest absolute Gasteiger partial charge is 0.530 e. The molecule has 0 radical (unpaired) electrons. The lowest BCUT2D eigenvalue weighted by Crippen LogP contribution is -2.16. The molecule has 0 aliphatic carbocycles. The lowest BCUT2D eigenvalue weighted by Gasteiger charge is -2.16. The first kappa shape index (κ1) is 18.2. The van der Waals surface area contributed by atoms with Crippen LogP contribution in [-0.2, 0) is 18.5 Å². The number of hydrogen-bond donors (Lipinski definition) is 1. The van der Waals surface area contributed by atoms with Crippen molar-refractivity contribution in [3.05, 3.63) is 29.8 Å². The van der Waals surface area contributed by atoms with E-state index in [9.17, 15) is 9.36 Å². The van der Waals surface area contributed by atoms with E-state index in [-0.39, 0.29) is 13.2 Å². The van der Waals surface area contributed by atoms with Crippen LogP contribution in [0.4, 0.5) is 4.79 Å². The van der Waals surface area contributed by atoms with Gasteiger partial charge in [-0.25, -0.2) is 9.36 Å². The lowest BCUT2D eigenvalue weighted by atomic mass is 10.2. The van der Waals surface area contributed by atoms with Crippen LogP contribution in [0, 0.1) is 0 Å². The summed E-state index contributed by atoms with van der Waals surface area (Å²) in [6, 6.07) is 6.44. The Balaban J connectivity index is 2.67. The second kappa shape index (κ2) is 9.19. The standard InChI is InChI=1S/C13H19N2O6P/c1-4-18-22(17,19-5-2)21-12-8-6-11(7-9-12)10-15-20-13(16)14-3/h6-10H,4-5H2,1-3H3,(H,14,16)/b15-10-. The van der Waals surface area contributed by atoms with Gasteiger partial charge in [0.05, 0.1) is 19.4 Å². The molecule has 0 bridgehead atoms. The summed E-state index contributed by atoms with van der Waals surface area (Å²) in [5, 5.41) is 5.75. The number of carbonyl (C=O) groups is 1. The van der Waals surface area contributed by atoms with E-state index < -0.39 is 13.9 Å². The summed E-state index contributed by atoms with van der Waals surface area (Å²) in [6.45, 7) is 3.81. The number of benzene rings is 1. The molecule has 1 amide bonds. The first-order valence-electron chi connectivity index (χ1n) is 6.64. The molecule has 8 nitrogen and oxygen atoms in total. The van der Waals surface area contributed by atoms with Crippen LogP contribution < -0.4 is 9.84 Å². The highest BCUT2D eigenvalue weighted by molar-refractivity contribution is 7.48. The molecule has 0 heterocycles. The van der Waals surface area contributed by atoms with E-state index in [0.29, 0.717) is 11.3 Å². The summed E-state index contributed by atoms with van der Waals surface area (Å²) in [5.74, 6) is 0.328. The Morgan fingerprint density at radius 1 is 1.23 bits per heavy atom. The van der Waals surface area contributed by atoms with Crippen molar-refractivity contribution in [3.63, 3.8) is 0 Å². The number of phosphoric ester groups is 1. The highest BCUT2D eigenvalue weighted by atomic mass is 31.2. The molecule has 0 atom stereocenters. The highest BCUT2D eigenvalue weighted by Gasteiger charge is 2.27. The number of phosphoric acid groups is 1. The maximum atomic E-state index is 12.2. The van der Waals surface area contributed by atoms with Crippen molar-refractivity contribution in [3.8, 4) is 5.75 Å². The van der Waals surface area contributed by atoms with Crippen molar-refractivity contribution >= 4 is 20.1 Å². The Kier molecular flexibility index (Phi) is 7.59. The summed E-state index contributed by atoms with van der Waals surface area (Å²) >= 11 is 0. The molecule has 0 aliphatic rings. The molecule has 0 saturated heterocycles. The van der Waals surface area contributed by atoms with Crippen LogP contribution in [0.1, 0.15) is 19.4 Å². The van der Waals surface area contributed by atoms with E-state index in [4.69, 9.17) is 13.6 Å². The molecule has 22 heavy (non-hydrogen) atoms. The summed E-state index contributed by atoms with van der Waals surface area (Å²) in [5.41, 5.74) is 0.666. The van der Waals surface area contributed by atoms with Crippen molar-refractivity contribution in [1.82, 2.24) is 5.32 Å². The number of amides is 1. The van der Waals surface area contributed by atoms with Crippen LogP contribution in [0.2, 0.25) is 0 Å². The van der Waals surface area contributed by atoms with Gasteiger partial charge in [0.1, 0.15) is 5.75 Å². The first-order chi connectivity index (χ1) is 10.5. The molecule has 0 aliphatic heterocycles. The van der Waals surface area contributed by atoms with Gasteiger partial charge >= 0.3 is 13.9 Å². The Morgan fingerprint density at radius 3 is 2.32 bits per heavy atom. The Labute approximate surface area is 129 Å². The minimum atomic E-state index is -3.61. The third-order valence-electron chi connectivity index (χ3n) is 2.21. The van der Waals surface area contributed by atoms with Crippen molar-refractivity contribution in [2.24, 2.45) is 5.16 Å². The van der Waals surface area contributed by atoms with Crippen LogP contribution in [0.25, 0.3) is 0 Å². The van der Waals surface area contributed by atoms with E-state index in [0.717, 1.165) is 0 Å². The topological polar surface area (TPSA) is 95.5 Å². The molecule has 0 aromatic heterocycles. The van der Waals surface area contributed by atoms with E-state index >= 15 is 0 Å². The number of carbonyl (C=O) groups excluding carboxylic acids is 1. The maximum absolute atomic E-state index is 12.2. The fourth-order valence-corrected chi connectivity index (χ4v) is 2.52. The molecule has 1 aromatic rings. The fourth-order valence-electron chi connectivity index (χ4n) is 1.33. The smallest absolute Gasteiger partial charge is 0.404 e. The Hall–Kier alpha value is -1.89. The number of hydrogen-bond acceptors (Lipinski definition) is 7. The van der Waals surface area contributed by atoms with Gasteiger partial charge in [0.25, 0.3) is 0 Å². The average Bonchev–Trinajstić information content (AvgIpc) is 2.49. The quantitative estimate of drug-likeness (QED) is 0.341. The fraction of sp³-hybridized carbons (Fsp3) is 0.385. The third-order valence-corrected chi connectivity index (χ3v) is 3.80. The van der Waals surface area contributed by atoms with Gasteiger partial charge in [-0.05, 0) is 43.7 Å². The van der Waals surface area contributed by atoms with Crippen LogP contribution in [-0.4, -0.2) is 32.6 Å². The van der Waals surface area contributed by atoms with Gasteiger partial charge in [0.15, 0.2) is 0 Å². The molecule has 1 rings (SSSR count). The van der Waals surface area contributed by atoms with Gasteiger partial charge in [-0.3, -0.25) is 13.9 Å². The van der Waals surface area contributed by atoms with E-state index in [1.807, 2.05) is 0 Å². The summed E-state index contributed by atoms with van der Waals surface area (Å²) in [7, 11) is -2.18. The van der Waals surface area contributed by atoms with Gasteiger partial charge in [-0.15, -0.1) is 0 Å². The molecule has 0 unspecified atom stereocenters. The van der Waals surface area contributed by atoms with Crippen molar-refractivity contribution in [1.29, 1.82) is 0 Å². The molecule has 1 aromatic carbocycles. The zero-order chi connectivity index (χ0) is 16.4. The van der Waals surface area contributed by atoms with E-state index in [1.165, 1.54) is 13.3 Å². The van der Waals surface area contributed by atoms with Gasteiger partial charge in [-0.2, -0.15) is 0 Å². The van der Waals surface area contributed by atoms with Crippen molar-refractivity contribution in [2.75, 3.05) is 20.3 Å². The van der Waals surface area contributed by atoms with Crippen LogP contribution >= 0.6 is 7.82 Å². The molecule has 9 heteroatoms. The zero-order valence-corrected chi connectivity index (χ0v) is 13.5. The van der Waals surface area contributed by atoms with Gasteiger partial charge < -0.3 is 9.84 Å². The van der Waals surface area contributed by atoms with Crippen molar-refractivity contribution in [2.45, 2.75) is 13.8 Å². The van der Waals surface area contributed by atoms with Crippen LogP contribution in [0.15, 0.2) is 29.4 Å². The second-order valence-electron chi connectivity index (χ2n) is 3.81. The van der Waals surface area contributed by atoms with Crippen LogP contribution in [0.3, 0.4) is 0 Å². The summed E-state index contributed by atoms with van der Waals surface area (Å²) in [4.78, 5) is 15.3. The van der Waals surface area contributed by atoms with Crippen LogP contribution in [0.5, 0.6) is 5.75 Å². The van der Waals surface area contributed by atoms with E-state index in [1.54, 1.807) is 38.1 Å². The molecule has 1 N–H and O–H groups in total. The molecule has 122 valence electrons. The summed E-state index contributed by atoms with van der Waals surface area (Å²) < 4.78 is 27.5. The number of rotatable bonds is 8. The van der Waals surface area contributed by atoms with Gasteiger partial charge in [-0.1, -0.05) is 5.16 Å². The normalized spacial score (nSPS) is 11.4. The number of nitrogens with one attached hydrogen (secondary N) is 1. The number of nitrogens with zero attached hydrogens (tertiary/aromatic N) is 1. The highest BCUT2D eigenvalue weighted by Crippen LogP contribution is 2.49. The molecular formula is C13H19N2O6P. The van der Waals surface area contributed by atoms with Crippen molar-refractivity contribution < 1.29 is 27.8 Å². The van der Waals surface area contributed by atoms with E-state index in [2.05, 4.69) is 15.3 Å². The third kappa shape index (κ3) is 6.26. The molecule has 0 spiro atoms. The predicted molar refractivity (Wildman–Crippen MR) is 81.1 cm³/mol. The van der Waals surface area contributed by atoms with Gasteiger partial charge in [0, 0.05) is 7.05 Å². The number of oxime groups is 1. The minimum Gasteiger partial charge on any atom is -0.404 e. The SMILES string of the molecule is CCOP(=O)(OCC)Oc1ccc(/C=N\OC(=O)NC)cc1. The molecule has 0 saturated carbocycles. The Morgan fingerprint density at radius 2 is 1.82 bits per heavy atom. The molecular weight excluding hydrogens is 311 g/mol. The molecule has 0 fully saturated rings. The Bertz CT molecular complexity index is 536. The maximum Gasteiger partial charge on any atom is 0.530 e. The predicted octanol–water partition coefficient (Wildman–Crippen LogP) is 2.94. The first-order valence-corrected chi connectivity index (χ1v) is 8.10.